The van der Waals surface area contributed by atoms with Gasteiger partial charge in [0.1, 0.15) is 4.21 Å². The minimum atomic E-state index is -3.90. The van der Waals surface area contributed by atoms with Gasteiger partial charge in [-0.05, 0) is 34.1 Å². The Balaban J connectivity index is 1.92. The van der Waals surface area contributed by atoms with Crippen LogP contribution in [0.3, 0.4) is 0 Å². The maximum absolute atomic E-state index is 11.9. The third-order valence-corrected chi connectivity index (χ3v) is 5.92. The van der Waals surface area contributed by atoms with E-state index in [4.69, 9.17) is 4.74 Å². The molecule has 2 aromatic rings. The van der Waals surface area contributed by atoms with Gasteiger partial charge in [0.2, 0.25) is 0 Å². The molecule has 1 aromatic heterocycles. The first kappa shape index (κ1) is 18.3. The van der Waals surface area contributed by atoms with Crippen molar-refractivity contribution in [1.82, 2.24) is 10.3 Å². The number of hydrogen-bond donors (Lipinski definition) is 2. The number of halogens is 1. The van der Waals surface area contributed by atoms with Crippen molar-refractivity contribution in [2.75, 3.05) is 6.61 Å². The number of nitrogens with zero attached hydrogens (tertiary/aromatic N) is 1. The van der Waals surface area contributed by atoms with E-state index in [-0.39, 0.29) is 15.6 Å². The number of hydrazine groups is 1. The van der Waals surface area contributed by atoms with Crippen molar-refractivity contribution in [3.63, 3.8) is 0 Å². The predicted molar refractivity (Wildman–Crippen MR) is 89.1 cm³/mol. The van der Waals surface area contributed by atoms with Gasteiger partial charge in [0.25, 0.3) is 15.9 Å². The van der Waals surface area contributed by atoms with Crippen LogP contribution in [-0.4, -0.2) is 25.9 Å². The van der Waals surface area contributed by atoms with E-state index >= 15 is 0 Å². The minimum absolute atomic E-state index is 0.00860. The molecule has 24 heavy (non-hydrogen) atoms. The number of nitrogens with one attached hydrogen (secondary N) is 2. The highest BCUT2D eigenvalue weighted by molar-refractivity contribution is 9.11. The molecule has 0 aliphatic rings. The Morgan fingerprint density at radius 2 is 2.00 bits per heavy atom. The standard InChI is InChI=1S/C12H10BrN3O6S2/c13-10-5-6-12(23-10)24(20,21)15-14-11(17)7-22-9-4-2-1-3-8(9)16(18)19/h1-6,15H,7H2,(H,14,17). The quantitative estimate of drug-likeness (QED) is 0.503. The van der Waals surface area contributed by atoms with Crippen molar-refractivity contribution < 1.29 is 22.9 Å². The largest absolute Gasteiger partial charge is 0.477 e. The first-order chi connectivity index (χ1) is 11.3. The van der Waals surface area contributed by atoms with E-state index in [0.29, 0.717) is 3.79 Å². The molecule has 2 rings (SSSR count). The highest BCUT2D eigenvalue weighted by atomic mass is 79.9. The molecular weight excluding hydrogens is 426 g/mol. The second-order valence-electron chi connectivity index (χ2n) is 4.23. The molecular formula is C12H10BrN3O6S2. The fraction of sp³-hybridized carbons (Fsp3) is 0.0833. The minimum Gasteiger partial charge on any atom is -0.477 e. The number of amides is 1. The van der Waals surface area contributed by atoms with Gasteiger partial charge in [-0.2, -0.15) is 0 Å². The number of benzene rings is 1. The molecule has 1 heterocycles. The second-order valence-corrected chi connectivity index (χ2v) is 8.60. The van der Waals surface area contributed by atoms with Crippen molar-refractivity contribution in [2.45, 2.75) is 4.21 Å². The topological polar surface area (TPSA) is 128 Å². The number of thiophene rings is 1. The average Bonchev–Trinajstić information content (AvgIpc) is 2.98. The molecule has 0 spiro atoms. The van der Waals surface area contributed by atoms with Crippen molar-refractivity contribution in [3.05, 3.63) is 50.3 Å². The lowest BCUT2D eigenvalue weighted by Crippen LogP contribution is -2.43. The van der Waals surface area contributed by atoms with Crippen LogP contribution in [0.1, 0.15) is 0 Å². The lowest BCUT2D eigenvalue weighted by molar-refractivity contribution is -0.385. The summed E-state index contributed by atoms with van der Waals surface area (Å²) in [5.41, 5.74) is 1.67. The van der Waals surface area contributed by atoms with Crippen molar-refractivity contribution in [1.29, 1.82) is 0 Å². The van der Waals surface area contributed by atoms with Crippen LogP contribution in [0.15, 0.2) is 44.4 Å². The number of carbonyl (C=O) groups is 1. The van der Waals surface area contributed by atoms with Gasteiger partial charge in [-0.15, -0.1) is 16.2 Å². The Labute approximate surface area is 148 Å². The molecule has 0 fully saturated rings. The summed E-state index contributed by atoms with van der Waals surface area (Å²) >= 11 is 4.11. The van der Waals surface area contributed by atoms with Gasteiger partial charge < -0.3 is 4.74 Å². The van der Waals surface area contributed by atoms with Crippen LogP contribution in [0.4, 0.5) is 5.69 Å². The smallest absolute Gasteiger partial charge is 0.310 e. The van der Waals surface area contributed by atoms with Crippen LogP contribution in [0.2, 0.25) is 0 Å². The highest BCUT2D eigenvalue weighted by Gasteiger charge is 2.18. The zero-order valence-electron chi connectivity index (χ0n) is 11.8. The highest BCUT2D eigenvalue weighted by Crippen LogP contribution is 2.26. The number of sulfonamides is 1. The summed E-state index contributed by atoms with van der Waals surface area (Å²) in [6, 6.07) is 8.45. The van der Waals surface area contributed by atoms with Crippen molar-refractivity contribution in [3.8, 4) is 5.75 Å². The molecule has 9 nitrogen and oxygen atoms in total. The zero-order chi connectivity index (χ0) is 17.7. The molecule has 0 bridgehead atoms. The Kier molecular flexibility index (Phi) is 5.88. The summed E-state index contributed by atoms with van der Waals surface area (Å²) in [5, 5.41) is 10.8. The Hall–Kier alpha value is -2.02. The third kappa shape index (κ3) is 4.74. The van der Waals surface area contributed by atoms with Gasteiger partial charge in [0.05, 0.1) is 8.71 Å². The van der Waals surface area contributed by atoms with Crippen LogP contribution in [0.5, 0.6) is 5.75 Å². The molecule has 12 heteroatoms. The Morgan fingerprint density at radius 3 is 2.62 bits per heavy atom. The number of ether oxygens (including phenoxy) is 1. The molecule has 128 valence electrons. The maximum Gasteiger partial charge on any atom is 0.310 e. The molecule has 0 saturated heterocycles. The molecule has 0 aliphatic heterocycles. The third-order valence-electron chi connectivity index (χ3n) is 2.56. The second kappa shape index (κ2) is 7.70. The number of nitro benzene ring substituents is 1. The first-order valence-electron chi connectivity index (χ1n) is 6.22. The number of nitro groups is 1. The normalized spacial score (nSPS) is 11.0. The van der Waals surface area contributed by atoms with E-state index in [9.17, 15) is 23.3 Å². The summed E-state index contributed by atoms with van der Waals surface area (Å²) < 4.78 is 29.5. The zero-order valence-corrected chi connectivity index (χ0v) is 15.0. The van der Waals surface area contributed by atoms with Gasteiger partial charge in [-0.3, -0.25) is 20.3 Å². The predicted octanol–water partition coefficient (Wildman–Crippen LogP) is 1.81. The van der Waals surface area contributed by atoms with E-state index in [2.05, 4.69) is 15.9 Å². The van der Waals surface area contributed by atoms with Gasteiger partial charge in [0.15, 0.2) is 12.4 Å². The SMILES string of the molecule is O=C(COc1ccccc1[N+](=O)[O-])NNS(=O)(=O)c1ccc(Br)s1. The monoisotopic (exact) mass is 435 g/mol. The van der Waals surface area contributed by atoms with Crippen LogP contribution in [0.25, 0.3) is 0 Å². The molecule has 0 saturated carbocycles. The summed E-state index contributed by atoms with van der Waals surface area (Å²) in [5.74, 6) is -0.907. The lowest BCUT2D eigenvalue weighted by Gasteiger charge is -2.08. The fourth-order valence-electron chi connectivity index (χ4n) is 1.53. The van der Waals surface area contributed by atoms with E-state index < -0.39 is 27.5 Å². The maximum atomic E-state index is 11.9. The molecule has 0 radical (unpaired) electrons. The van der Waals surface area contributed by atoms with Gasteiger partial charge in [0, 0.05) is 6.07 Å². The van der Waals surface area contributed by atoms with Crippen molar-refractivity contribution >= 4 is 48.9 Å². The summed E-state index contributed by atoms with van der Waals surface area (Å²) in [6.07, 6.45) is 0. The van der Waals surface area contributed by atoms with Gasteiger partial charge >= 0.3 is 5.69 Å². The van der Waals surface area contributed by atoms with Crippen LogP contribution in [0, 0.1) is 10.1 Å². The number of rotatable bonds is 7. The number of carbonyl (C=O) groups excluding carboxylic acids is 1. The van der Waals surface area contributed by atoms with E-state index in [0.717, 1.165) is 11.3 Å². The molecule has 1 aromatic carbocycles. The Morgan fingerprint density at radius 1 is 1.29 bits per heavy atom. The lowest BCUT2D eigenvalue weighted by atomic mass is 10.3. The molecule has 2 N–H and O–H groups in total. The summed E-state index contributed by atoms with van der Waals surface area (Å²) in [4.78, 5) is 23.7. The van der Waals surface area contributed by atoms with Gasteiger partial charge in [-0.1, -0.05) is 12.1 Å². The van der Waals surface area contributed by atoms with Crippen LogP contribution < -0.4 is 15.0 Å². The van der Waals surface area contributed by atoms with Gasteiger partial charge in [-0.25, -0.2) is 8.42 Å². The fourth-order valence-corrected chi connectivity index (χ4v) is 4.40. The molecule has 0 aliphatic carbocycles. The molecule has 0 unspecified atom stereocenters. The Bertz CT molecular complexity index is 867. The molecule has 1 amide bonds. The summed E-state index contributed by atoms with van der Waals surface area (Å²) in [7, 11) is -3.90. The van der Waals surface area contributed by atoms with Crippen LogP contribution >= 0.6 is 27.3 Å². The number of hydrogen-bond acceptors (Lipinski definition) is 7. The first-order valence-corrected chi connectivity index (χ1v) is 9.31. The van der Waals surface area contributed by atoms with E-state index in [1.54, 1.807) is 6.07 Å². The van der Waals surface area contributed by atoms with Crippen LogP contribution in [-0.2, 0) is 14.8 Å². The summed E-state index contributed by atoms with van der Waals surface area (Å²) in [6.45, 7) is -0.596. The van der Waals surface area contributed by atoms with Crippen molar-refractivity contribution in [2.24, 2.45) is 0 Å². The molecule has 0 atom stereocenters. The number of para-hydroxylation sites is 2. The van der Waals surface area contributed by atoms with E-state index in [1.807, 2.05) is 10.3 Å². The van der Waals surface area contributed by atoms with E-state index in [1.165, 1.54) is 30.3 Å². The average molecular weight is 436 g/mol.